The van der Waals surface area contributed by atoms with Gasteiger partial charge in [0, 0.05) is 24.9 Å². The van der Waals surface area contributed by atoms with E-state index in [1.807, 2.05) is 6.92 Å². The van der Waals surface area contributed by atoms with Gasteiger partial charge in [-0.05, 0) is 19.8 Å². The number of hydrogen-bond acceptors (Lipinski definition) is 2. The van der Waals surface area contributed by atoms with Crippen LogP contribution in [-0.2, 0) is 4.79 Å². The van der Waals surface area contributed by atoms with Crippen molar-refractivity contribution in [3.8, 4) is 0 Å². The van der Waals surface area contributed by atoms with Gasteiger partial charge in [-0.25, -0.2) is 0 Å². The fourth-order valence-electron chi connectivity index (χ4n) is 1.15. The Morgan fingerprint density at radius 1 is 1.07 bits per heavy atom. The molecule has 0 spiro atoms. The molecule has 0 bridgehead atoms. The van der Waals surface area contributed by atoms with Gasteiger partial charge in [0.15, 0.2) is 0 Å². The van der Waals surface area contributed by atoms with Crippen molar-refractivity contribution in [2.45, 2.75) is 46.5 Å². The maximum Gasteiger partial charge on any atom is 0.245 e. The van der Waals surface area contributed by atoms with Gasteiger partial charge in [0.05, 0.1) is 0 Å². The Balaban J connectivity index is 3.65. The Morgan fingerprint density at radius 3 is 2.13 bits per heavy atom. The zero-order chi connectivity index (χ0) is 11.5. The molecule has 0 saturated carbocycles. The van der Waals surface area contributed by atoms with Gasteiger partial charge in [-0.2, -0.15) is 0 Å². The van der Waals surface area contributed by atoms with Gasteiger partial charge in [0.25, 0.3) is 0 Å². The van der Waals surface area contributed by atoms with E-state index in [0.29, 0.717) is 0 Å². The van der Waals surface area contributed by atoms with Crippen LogP contribution in [0.2, 0.25) is 0 Å². The quantitative estimate of drug-likeness (QED) is 0.478. The molecule has 2 N–H and O–H groups in total. The summed E-state index contributed by atoms with van der Waals surface area (Å²) in [4.78, 5) is 11.3. The van der Waals surface area contributed by atoms with Crippen LogP contribution in [0.15, 0.2) is 11.8 Å². The molecule has 0 radical (unpaired) electrons. The van der Waals surface area contributed by atoms with E-state index in [9.17, 15) is 4.79 Å². The Kier molecular flexibility index (Phi) is 8.93. The van der Waals surface area contributed by atoms with Crippen LogP contribution in [0.3, 0.4) is 0 Å². The molecule has 0 heterocycles. The molecule has 0 fully saturated rings. The average molecular weight is 212 g/mol. The SMILES string of the molecule is CCCCNC(=O)C=C(C)NCCCC. The first-order chi connectivity index (χ1) is 7.20. The molecular weight excluding hydrogens is 188 g/mol. The van der Waals surface area contributed by atoms with Gasteiger partial charge in [-0.1, -0.05) is 26.7 Å². The Morgan fingerprint density at radius 2 is 1.60 bits per heavy atom. The van der Waals surface area contributed by atoms with Crippen molar-refractivity contribution in [3.05, 3.63) is 11.8 Å². The molecule has 0 aromatic rings. The zero-order valence-electron chi connectivity index (χ0n) is 10.2. The van der Waals surface area contributed by atoms with Crippen LogP contribution in [-0.4, -0.2) is 19.0 Å². The first-order valence-corrected chi connectivity index (χ1v) is 5.90. The van der Waals surface area contributed by atoms with Crippen molar-refractivity contribution < 1.29 is 4.79 Å². The van der Waals surface area contributed by atoms with Crippen molar-refractivity contribution in [2.24, 2.45) is 0 Å². The smallest absolute Gasteiger partial charge is 0.245 e. The molecule has 0 saturated heterocycles. The molecule has 0 aliphatic carbocycles. The molecule has 0 rings (SSSR count). The lowest BCUT2D eigenvalue weighted by Crippen LogP contribution is -2.24. The monoisotopic (exact) mass is 212 g/mol. The maximum atomic E-state index is 11.3. The van der Waals surface area contributed by atoms with Crippen LogP contribution in [0, 0.1) is 0 Å². The number of carbonyl (C=O) groups excluding carboxylic acids is 1. The molecule has 15 heavy (non-hydrogen) atoms. The molecule has 3 heteroatoms. The minimum Gasteiger partial charge on any atom is -0.388 e. The third-order valence-electron chi connectivity index (χ3n) is 2.11. The third-order valence-corrected chi connectivity index (χ3v) is 2.11. The van der Waals surface area contributed by atoms with E-state index in [1.165, 1.54) is 6.42 Å². The fourth-order valence-corrected chi connectivity index (χ4v) is 1.15. The summed E-state index contributed by atoms with van der Waals surface area (Å²) in [5.41, 5.74) is 0.942. The summed E-state index contributed by atoms with van der Waals surface area (Å²) in [6.45, 7) is 7.90. The summed E-state index contributed by atoms with van der Waals surface area (Å²) in [5.74, 6) is 0.00458. The molecule has 0 aromatic carbocycles. The zero-order valence-corrected chi connectivity index (χ0v) is 10.2. The molecule has 0 atom stereocenters. The summed E-state index contributed by atoms with van der Waals surface area (Å²) in [5, 5.41) is 6.05. The number of carbonyl (C=O) groups is 1. The second kappa shape index (κ2) is 9.56. The normalized spacial score (nSPS) is 11.3. The summed E-state index contributed by atoms with van der Waals surface area (Å²) >= 11 is 0. The standard InChI is InChI=1S/C12H24N2O/c1-4-6-8-13-11(3)10-12(15)14-9-7-5-2/h10,13H,4-9H2,1-3H3,(H,14,15). The van der Waals surface area contributed by atoms with E-state index in [1.54, 1.807) is 6.08 Å². The van der Waals surface area contributed by atoms with Crippen molar-refractivity contribution in [1.82, 2.24) is 10.6 Å². The minimum atomic E-state index is 0.00458. The van der Waals surface area contributed by atoms with Gasteiger partial charge >= 0.3 is 0 Å². The van der Waals surface area contributed by atoms with E-state index in [4.69, 9.17) is 0 Å². The van der Waals surface area contributed by atoms with Gasteiger partial charge in [-0.15, -0.1) is 0 Å². The van der Waals surface area contributed by atoms with E-state index in [-0.39, 0.29) is 5.91 Å². The van der Waals surface area contributed by atoms with Crippen LogP contribution in [0.5, 0.6) is 0 Å². The van der Waals surface area contributed by atoms with E-state index < -0.39 is 0 Å². The topological polar surface area (TPSA) is 41.1 Å². The lowest BCUT2D eigenvalue weighted by atomic mass is 10.3. The highest BCUT2D eigenvalue weighted by Gasteiger charge is 1.96. The predicted octanol–water partition coefficient (Wildman–Crippen LogP) is 2.20. The lowest BCUT2D eigenvalue weighted by Gasteiger charge is -2.05. The van der Waals surface area contributed by atoms with Crippen LogP contribution in [0.4, 0.5) is 0 Å². The number of rotatable bonds is 8. The highest BCUT2D eigenvalue weighted by Crippen LogP contribution is 1.90. The molecule has 0 aliphatic heterocycles. The van der Waals surface area contributed by atoms with E-state index >= 15 is 0 Å². The first kappa shape index (κ1) is 14.0. The fraction of sp³-hybridized carbons (Fsp3) is 0.750. The first-order valence-electron chi connectivity index (χ1n) is 5.90. The molecule has 0 aliphatic rings. The van der Waals surface area contributed by atoms with Gasteiger partial charge in [0.2, 0.25) is 5.91 Å². The minimum absolute atomic E-state index is 0.00458. The summed E-state index contributed by atoms with van der Waals surface area (Å²) in [6.07, 6.45) is 6.09. The number of hydrogen-bond donors (Lipinski definition) is 2. The molecule has 88 valence electrons. The Labute approximate surface area is 93.3 Å². The van der Waals surface area contributed by atoms with Crippen molar-refractivity contribution in [1.29, 1.82) is 0 Å². The highest BCUT2D eigenvalue weighted by atomic mass is 16.1. The Hall–Kier alpha value is -0.990. The van der Waals surface area contributed by atoms with Crippen molar-refractivity contribution >= 4 is 5.91 Å². The van der Waals surface area contributed by atoms with Gasteiger partial charge in [-0.3, -0.25) is 4.79 Å². The van der Waals surface area contributed by atoms with Crippen molar-refractivity contribution in [3.63, 3.8) is 0 Å². The average Bonchev–Trinajstić information content (AvgIpc) is 2.18. The third kappa shape index (κ3) is 9.32. The lowest BCUT2D eigenvalue weighted by molar-refractivity contribution is -0.116. The van der Waals surface area contributed by atoms with Crippen LogP contribution in [0.25, 0.3) is 0 Å². The summed E-state index contributed by atoms with van der Waals surface area (Å²) in [6, 6.07) is 0. The van der Waals surface area contributed by atoms with Crippen molar-refractivity contribution in [2.75, 3.05) is 13.1 Å². The van der Waals surface area contributed by atoms with Crippen LogP contribution >= 0.6 is 0 Å². The highest BCUT2D eigenvalue weighted by molar-refractivity contribution is 5.87. The largest absolute Gasteiger partial charge is 0.388 e. The van der Waals surface area contributed by atoms with Crippen LogP contribution in [0.1, 0.15) is 46.5 Å². The number of amides is 1. The molecule has 0 unspecified atom stereocenters. The predicted molar refractivity (Wildman–Crippen MR) is 64.6 cm³/mol. The number of unbranched alkanes of at least 4 members (excludes halogenated alkanes) is 2. The molecular formula is C12H24N2O. The Bertz CT molecular complexity index is 200. The number of nitrogens with one attached hydrogen (secondary N) is 2. The van der Waals surface area contributed by atoms with E-state index in [0.717, 1.165) is 38.0 Å². The van der Waals surface area contributed by atoms with Gasteiger partial charge < -0.3 is 10.6 Å². The van der Waals surface area contributed by atoms with Crippen LogP contribution < -0.4 is 10.6 Å². The maximum absolute atomic E-state index is 11.3. The van der Waals surface area contributed by atoms with E-state index in [2.05, 4.69) is 24.5 Å². The summed E-state index contributed by atoms with van der Waals surface area (Å²) in [7, 11) is 0. The molecule has 1 amide bonds. The second-order valence-corrected chi connectivity index (χ2v) is 3.75. The second-order valence-electron chi connectivity index (χ2n) is 3.75. The number of allylic oxidation sites excluding steroid dienone is 1. The molecule has 0 aromatic heterocycles. The van der Waals surface area contributed by atoms with Gasteiger partial charge in [0.1, 0.15) is 0 Å². The summed E-state index contributed by atoms with van der Waals surface area (Å²) < 4.78 is 0. The molecule has 3 nitrogen and oxygen atoms in total.